The minimum Gasteiger partial charge on any atom is -0.465 e. The average Bonchev–Trinajstić information content (AvgIpc) is 2.69. The summed E-state index contributed by atoms with van der Waals surface area (Å²) in [5.74, 6) is 0.0279. The number of hydrogen-bond donors (Lipinski definition) is 2. The maximum Gasteiger partial charge on any atom is 0.405 e. The third-order valence-corrected chi connectivity index (χ3v) is 3.95. The highest BCUT2D eigenvalue weighted by molar-refractivity contribution is 6.31. The molecule has 1 aliphatic heterocycles. The molecule has 1 saturated heterocycles. The number of carbonyl (C=O) groups excluding carboxylic acids is 1. The van der Waals surface area contributed by atoms with Crippen molar-refractivity contribution in [1.29, 1.82) is 0 Å². The van der Waals surface area contributed by atoms with Gasteiger partial charge in [-0.3, -0.25) is 4.79 Å². The van der Waals surface area contributed by atoms with Gasteiger partial charge < -0.3 is 15.3 Å². The number of hydrogen-bond acceptors (Lipinski definition) is 2. The maximum atomic E-state index is 12.1. The molecule has 0 saturated carbocycles. The Morgan fingerprint density at radius 3 is 2.76 bits per heavy atom. The van der Waals surface area contributed by atoms with E-state index in [4.69, 9.17) is 16.7 Å². The van der Waals surface area contributed by atoms with Gasteiger partial charge in [-0.25, -0.2) is 4.79 Å². The molecular formula is C15H19ClN2O3. The number of rotatable bonds is 4. The molecule has 1 unspecified atom stereocenters. The summed E-state index contributed by atoms with van der Waals surface area (Å²) in [6.07, 6.45) is 0.0611. The van der Waals surface area contributed by atoms with Crippen LogP contribution < -0.4 is 5.32 Å². The highest BCUT2D eigenvalue weighted by Gasteiger charge is 2.37. The standard InChI is InChI=1S/C15H19ClN2O3/c1-15(2,17-14(20)21)9-18-12(7-8-13(18)19)10-5-3-4-6-11(10)16/h3-6,12,17H,7-9H2,1-2H3,(H,20,21). The normalized spacial score (nSPS) is 18.9. The third kappa shape index (κ3) is 3.67. The van der Waals surface area contributed by atoms with E-state index in [0.29, 0.717) is 24.4 Å². The number of halogens is 1. The predicted molar refractivity (Wildman–Crippen MR) is 80.4 cm³/mol. The second-order valence-corrected chi connectivity index (χ2v) is 6.32. The molecule has 1 aliphatic rings. The molecule has 1 heterocycles. The van der Waals surface area contributed by atoms with Crippen LogP contribution in [0.1, 0.15) is 38.3 Å². The summed E-state index contributed by atoms with van der Waals surface area (Å²) in [5, 5.41) is 12.0. The van der Waals surface area contributed by atoms with Crippen molar-refractivity contribution < 1.29 is 14.7 Å². The Kier molecular flexibility index (Phi) is 4.42. The van der Waals surface area contributed by atoms with Gasteiger partial charge in [0, 0.05) is 18.0 Å². The van der Waals surface area contributed by atoms with Crippen LogP contribution in [0.25, 0.3) is 0 Å². The van der Waals surface area contributed by atoms with Crippen LogP contribution in [-0.2, 0) is 4.79 Å². The molecule has 1 aromatic rings. The van der Waals surface area contributed by atoms with Crippen LogP contribution in [0.15, 0.2) is 24.3 Å². The minimum atomic E-state index is -1.10. The zero-order valence-corrected chi connectivity index (χ0v) is 12.9. The van der Waals surface area contributed by atoms with E-state index < -0.39 is 11.6 Å². The summed E-state index contributed by atoms with van der Waals surface area (Å²) < 4.78 is 0. The fourth-order valence-electron chi connectivity index (χ4n) is 2.76. The maximum absolute atomic E-state index is 12.1. The van der Waals surface area contributed by atoms with E-state index in [-0.39, 0.29) is 11.9 Å². The highest BCUT2D eigenvalue weighted by atomic mass is 35.5. The number of nitrogens with zero attached hydrogens (tertiary/aromatic N) is 1. The number of amides is 2. The Balaban J connectivity index is 2.22. The van der Waals surface area contributed by atoms with Crippen LogP contribution in [-0.4, -0.2) is 34.1 Å². The van der Waals surface area contributed by atoms with Crippen molar-refractivity contribution >= 4 is 23.6 Å². The number of nitrogens with one attached hydrogen (secondary N) is 1. The van der Waals surface area contributed by atoms with Gasteiger partial charge >= 0.3 is 6.09 Å². The Morgan fingerprint density at radius 1 is 1.48 bits per heavy atom. The van der Waals surface area contributed by atoms with Crippen molar-refractivity contribution in [3.8, 4) is 0 Å². The topological polar surface area (TPSA) is 69.6 Å². The van der Waals surface area contributed by atoms with Crippen molar-refractivity contribution in [1.82, 2.24) is 10.2 Å². The molecule has 0 radical (unpaired) electrons. The molecular weight excluding hydrogens is 292 g/mol. The highest BCUT2D eigenvalue weighted by Crippen LogP contribution is 2.37. The van der Waals surface area contributed by atoms with Gasteiger partial charge in [-0.05, 0) is 31.9 Å². The Hall–Kier alpha value is -1.75. The molecule has 1 aromatic carbocycles. The number of benzene rings is 1. The lowest BCUT2D eigenvalue weighted by Crippen LogP contribution is -2.51. The van der Waals surface area contributed by atoms with E-state index in [0.717, 1.165) is 5.56 Å². The van der Waals surface area contributed by atoms with Crippen LogP contribution in [0.5, 0.6) is 0 Å². The molecule has 0 spiro atoms. The van der Waals surface area contributed by atoms with Crippen molar-refractivity contribution in [2.24, 2.45) is 0 Å². The quantitative estimate of drug-likeness (QED) is 0.898. The monoisotopic (exact) mass is 310 g/mol. The fourth-order valence-corrected chi connectivity index (χ4v) is 3.02. The molecule has 2 amide bonds. The van der Waals surface area contributed by atoms with E-state index >= 15 is 0 Å². The average molecular weight is 311 g/mol. The van der Waals surface area contributed by atoms with E-state index in [1.54, 1.807) is 24.8 Å². The minimum absolute atomic E-state index is 0.0279. The number of likely N-dealkylation sites (tertiary alicyclic amines) is 1. The molecule has 0 aliphatic carbocycles. The molecule has 6 heteroatoms. The molecule has 1 atom stereocenters. The van der Waals surface area contributed by atoms with Gasteiger partial charge in [0.05, 0.1) is 11.6 Å². The lowest BCUT2D eigenvalue weighted by atomic mass is 10.0. The van der Waals surface area contributed by atoms with Crippen molar-refractivity contribution in [3.63, 3.8) is 0 Å². The van der Waals surface area contributed by atoms with Gasteiger partial charge in [0.25, 0.3) is 0 Å². The Bertz CT molecular complexity index is 560. The summed E-state index contributed by atoms with van der Waals surface area (Å²) in [6, 6.07) is 7.36. The van der Waals surface area contributed by atoms with E-state index in [1.165, 1.54) is 0 Å². The first-order chi connectivity index (χ1) is 9.80. The molecule has 114 valence electrons. The number of carbonyl (C=O) groups is 2. The Labute approximate surface area is 128 Å². The SMILES string of the molecule is CC(C)(CN1C(=O)CCC1c1ccccc1Cl)NC(=O)O. The first-order valence-electron chi connectivity index (χ1n) is 6.85. The van der Waals surface area contributed by atoms with Crippen molar-refractivity contribution in [2.75, 3.05) is 6.54 Å². The molecule has 0 aromatic heterocycles. The summed E-state index contributed by atoms with van der Waals surface area (Å²) in [6.45, 7) is 3.83. The largest absolute Gasteiger partial charge is 0.465 e. The lowest BCUT2D eigenvalue weighted by Gasteiger charge is -2.34. The molecule has 2 rings (SSSR count). The van der Waals surface area contributed by atoms with Gasteiger partial charge in [-0.15, -0.1) is 0 Å². The third-order valence-electron chi connectivity index (χ3n) is 3.60. The second kappa shape index (κ2) is 5.93. The van der Waals surface area contributed by atoms with Crippen molar-refractivity contribution in [2.45, 2.75) is 38.3 Å². The molecule has 1 fully saturated rings. The van der Waals surface area contributed by atoms with E-state index in [1.807, 2.05) is 18.2 Å². The lowest BCUT2D eigenvalue weighted by molar-refractivity contribution is -0.129. The molecule has 21 heavy (non-hydrogen) atoms. The van der Waals surface area contributed by atoms with E-state index in [2.05, 4.69) is 5.32 Å². The van der Waals surface area contributed by atoms with E-state index in [9.17, 15) is 9.59 Å². The van der Waals surface area contributed by atoms with Crippen LogP contribution in [0.4, 0.5) is 4.79 Å². The predicted octanol–water partition coefficient (Wildman–Crippen LogP) is 3.05. The molecule has 2 N–H and O–H groups in total. The van der Waals surface area contributed by atoms with Crippen molar-refractivity contribution in [3.05, 3.63) is 34.9 Å². The van der Waals surface area contributed by atoms with Gasteiger partial charge in [-0.1, -0.05) is 29.8 Å². The Morgan fingerprint density at radius 2 is 2.14 bits per heavy atom. The first kappa shape index (κ1) is 15.6. The summed E-state index contributed by atoms with van der Waals surface area (Å²) in [4.78, 5) is 24.7. The van der Waals surface area contributed by atoms with Crippen LogP contribution in [0.3, 0.4) is 0 Å². The van der Waals surface area contributed by atoms with Crippen LogP contribution in [0.2, 0.25) is 5.02 Å². The zero-order chi connectivity index (χ0) is 15.6. The first-order valence-corrected chi connectivity index (χ1v) is 7.23. The van der Waals surface area contributed by atoms with Crippen LogP contribution in [0, 0.1) is 0 Å². The van der Waals surface area contributed by atoms with Gasteiger partial charge in [0.15, 0.2) is 0 Å². The smallest absolute Gasteiger partial charge is 0.405 e. The summed E-state index contributed by atoms with van der Waals surface area (Å²) in [7, 11) is 0. The zero-order valence-electron chi connectivity index (χ0n) is 12.1. The molecule has 0 bridgehead atoms. The fraction of sp³-hybridized carbons (Fsp3) is 0.467. The van der Waals surface area contributed by atoms with Crippen LogP contribution >= 0.6 is 11.6 Å². The van der Waals surface area contributed by atoms with Gasteiger partial charge in [0.2, 0.25) is 5.91 Å². The summed E-state index contributed by atoms with van der Waals surface area (Å²) >= 11 is 6.23. The second-order valence-electron chi connectivity index (χ2n) is 5.91. The van der Waals surface area contributed by atoms with Gasteiger partial charge in [0.1, 0.15) is 0 Å². The van der Waals surface area contributed by atoms with Gasteiger partial charge in [-0.2, -0.15) is 0 Å². The number of carboxylic acid groups (broad SMARTS) is 1. The molecule has 5 nitrogen and oxygen atoms in total. The summed E-state index contributed by atoms with van der Waals surface area (Å²) in [5.41, 5.74) is 0.196.